The number of amides is 1. The Bertz CT molecular complexity index is 1830. The number of hydrogen-bond acceptors (Lipinski definition) is 4. The predicted octanol–water partition coefficient (Wildman–Crippen LogP) is 6.96. The molecule has 4 heterocycles. The molecule has 1 amide bonds. The molecule has 6 rings (SSSR count). The monoisotopic (exact) mass is 504 g/mol. The molecule has 8 heteroatoms. The van der Waals surface area contributed by atoms with Crippen LogP contribution in [0.1, 0.15) is 20.8 Å². The van der Waals surface area contributed by atoms with Crippen molar-refractivity contribution in [2.24, 2.45) is 5.41 Å². The van der Waals surface area contributed by atoms with Gasteiger partial charge in [-0.1, -0.05) is 45.0 Å². The third-order valence-electron chi connectivity index (χ3n) is 6.45. The van der Waals surface area contributed by atoms with Gasteiger partial charge in [-0.25, -0.2) is 9.37 Å². The van der Waals surface area contributed by atoms with Crippen LogP contribution < -0.4 is 5.32 Å². The Labute approximate surface area is 218 Å². The summed E-state index contributed by atoms with van der Waals surface area (Å²) in [6.07, 6.45) is 3.49. The van der Waals surface area contributed by atoms with E-state index >= 15 is 0 Å². The van der Waals surface area contributed by atoms with Gasteiger partial charge in [0.05, 0.1) is 11.4 Å². The SMILES string of the molecule is CC(C)(C)C(=O)Nc1cccc(-c2cnc3[nH]nc(-c4cc5c(-c6cccc(F)c6)nccc5[nH]4)c3c2)c1. The first-order valence-corrected chi connectivity index (χ1v) is 12.3. The maximum Gasteiger partial charge on any atom is 0.229 e. The maximum atomic E-state index is 13.9. The molecule has 0 saturated carbocycles. The number of carbonyl (C=O) groups excluding carboxylic acids is 1. The Morgan fingerprint density at radius 2 is 1.68 bits per heavy atom. The van der Waals surface area contributed by atoms with Gasteiger partial charge in [0.15, 0.2) is 5.65 Å². The number of anilines is 1. The Hall–Kier alpha value is -4.85. The van der Waals surface area contributed by atoms with Crippen LogP contribution in [0.2, 0.25) is 0 Å². The van der Waals surface area contributed by atoms with Crippen molar-refractivity contribution < 1.29 is 9.18 Å². The molecule has 2 aromatic carbocycles. The number of carbonyl (C=O) groups is 1. The number of benzene rings is 2. The lowest BCUT2D eigenvalue weighted by Crippen LogP contribution is -2.27. The summed E-state index contributed by atoms with van der Waals surface area (Å²) < 4.78 is 13.9. The Balaban J connectivity index is 1.40. The molecule has 0 unspecified atom stereocenters. The highest BCUT2D eigenvalue weighted by molar-refractivity contribution is 6.00. The average molecular weight is 505 g/mol. The molecular formula is C30H25FN6O. The minimum Gasteiger partial charge on any atom is -0.353 e. The maximum absolute atomic E-state index is 13.9. The minimum atomic E-state index is -0.494. The number of aromatic nitrogens is 5. The fraction of sp³-hybridized carbons (Fsp3) is 0.133. The van der Waals surface area contributed by atoms with Crippen molar-refractivity contribution in [1.82, 2.24) is 25.1 Å². The van der Waals surface area contributed by atoms with E-state index in [9.17, 15) is 9.18 Å². The van der Waals surface area contributed by atoms with E-state index in [0.29, 0.717) is 22.6 Å². The molecule has 7 nitrogen and oxygen atoms in total. The summed E-state index contributed by atoms with van der Waals surface area (Å²) in [6.45, 7) is 5.64. The molecule has 4 aromatic heterocycles. The molecule has 6 aromatic rings. The fourth-order valence-electron chi connectivity index (χ4n) is 4.41. The van der Waals surface area contributed by atoms with Gasteiger partial charge in [-0.05, 0) is 48.0 Å². The van der Waals surface area contributed by atoms with Crippen molar-refractivity contribution in [1.29, 1.82) is 0 Å². The number of rotatable bonds is 4. The molecule has 0 bridgehead atoms. The van der Waals surface area contributed by atoms with Crippen LogP contribution in [0.4, 0.5) is 10.1 Å². The highest BCUT2D eigenvalue weighted by Gasteiger charge is 2.21. The van der Waals surface area contributed by atoms with E-state index < -0.39 is 5.41 Å². The average Bonchev–Trinajstić information content (AvgIpc) is 3.52. The molecule has 0 aliphatic rings. The lowest BCUT2D eigenvalue weighted by Gasteiger charge is -2.18. The number of aromatic amines is 2. The summed E-state index contributed by atoms with van der Waals surface area (Å²) in [5.74, 6) is -0.359. The molecule has 0 atom stereocenters. The molecule has 0 saturated heterocycles. The lowest BCUT2D eigenvalue weighted by molar-refractivity contribution is -0.123. The molecular weight excluding hydrogens is 479 g/mol. The summed E-state index contributed by atoms with van der Waals surface area (Å²) in [6, 6.07) is 20.0. The number of fused-ring (bicyclic) bond motifs is 2. The van der Waals surface area contributed by atoms with Gasteiger partial charge >= 0.3 is 0 Å². The van der Waals surface area contributed by atoms with Crippen molar-refractivity contribution in [2.45, 2.75) is 20.8 Å². The number of nitrogens with zero attached hydrogens (tertiary/aromatic N) is 3. The molecule has 3 N–H and O–H groups in total. The van der Waals surface area contributed by atoms with Crippen LogP contribution in [0.3, 0.4) is 0 Å². The van der Waals surface area contributed by atoms with Crippen molar-refractivity contribution in [3.8, 4) is 33.8 Å². The van der Waals surface area contributed by atoms with Crippen molar-refractivity contribution >= 4 is 33.5 Å². The number of pyridine rings is 2. The number of halogens is 1. The first-order chi connectivity index (χ1) is 18.3. The van der Waals surface area contributed by atoms with Crippen LogP contribution in [-0.4, -0.2) is 31.1 Å². The van der Waals surface area contributed by atoms with E-state index in [1.807, 2.05) is 69.3 Å². The largest absolute Gasteiger partial charge is 0.353 e. The smallest absolute Gasteiger partial charge is 0.229 e. The molecule has 0 spiro atoms. The molecule has 38 heavy (non-hydrogen) atoms. The normalized spacial score (nSPS) is 11.8. The van der Waals surface area contributed by atoms with Gasteiger partial charge in [-0.15, -0.1) is 0 Å². The van der Waals surface area contributed by atoms with Crippen molar-refractivity contribution in [3.05, 3.63) is 84.9 Å². The standard InChI is InChI=1S/C30H25FN6O/c1-30(2,3)29(38)34-21-9-5-6-17(13-21)19-14-23-27(36-37-28(23)33-16-19)25-15-22-24(35-25)10-11-32-26(22)18-7-4-8-20(31)12-18/h4-16,35H,1-3H3,(H,34,38)(H,33,36,37). The van der Waals surface area contributed by atoms with Gasteiger partial charge < -0.3 is 10.3 Å². The summed E-state index contributed by atoms with van der Waals surface area (Å²) in [7, 11) is 0. The fourth-order valence-corrected chi connectivity index (χ4v) is 4.41. The number of nitrogens with one attached hydrogen (secondary N) is 3. The first-order valence-electron chi connectivity index (χ1n) is 12.3. The van der Waals surface area contributed by atoms with E-state index in [4.69, 9.17) is 0 Å². The van der Waals surface area contributed by atoms with Gasteiger partial charge in [0.2, 0.25) is 5.91 Å². The van der Waals surface area contributed by atoms with Crippen LogP contribution in [0, 0.1) is 11.2 Å². The first kappa shape index (κ1) is 23.5. The zero-order valence-electron chi connectivity index (χ0n) is 21.1. The van der Waals surface area contributed by atoms with E-state index in [1.165, 1.54) is 12.1 Å². The van der Waals surface area contributed by atoms with Crippen LogP contribution >= 0.6 is 0 Å². The predicted molar refractivity (Wildman–Crippen MR) is 148 cm³/mol. The van der Waals surface area contributed by atoms with E-state index in [1.54, 1.807) is 18.5 Å². The second-order valence-corrected chi connectivity index (χ2v) is 10.3. The molecule has 0 aliphatic carbocycles. The Morgan fingerprint density at radius 3 is 2.50 bits per heavy atom. The van der Waals surface area contributed by atoms with Gasteiger partial charge in [0.25, 0.3) is 0 Å². The van der Waals surface area contributed by atoms with Gasteiger partial charge in [0.1, 0.15) is 11.5 Å². The van der Waals surface area contributed by atoms with Gasteiger partial charge in [-0.3, -0.25) is 14.9 Å². The molecule has 0 aliphatic heterocycles. The van der Waals surface area contributed by atoms with E-state index in [-0.39, 0.29) is 11.7 Å². The van der Waals surface area contributed by atoms with Gasteiger partial charge in [0, 0.05) is 50.9 Å². The summed E-state index contributed by atoms with van der Waals surface area (Å²) in [5, 5.41) is 12.3. The van der Waals surface area contributed by atoms with Crippen LogP contribution in [0.25, 0.3) is 55.7 Å². The minimum absolute atomic E-state index is 0.0498. The third kappa shape index (κ3) is 4.30. The zero-order chi connectivity index (χ0) is 26.4. The molecule has 0 radical (unpaired) electrons. The van der Waals surface area contributed by atoms with Crippen LogP contribution in [0.5, 0.6) is 0 Å². The molecule has 188 valence electrons. The summed E-state index contributed by atoms with van der Waals surface area (Å²) in [5.41, 5.74) is 6.48. The number of hydrogen-bond donors (Lipinski definition) is 3. The second kappa shape index (κ2) is 8.92. The second-order valence-electron chi connectivity index (χ2n) is 10.3. The zero-order valence-corrected chi connectivity index (χ0v) is 21.1. The van der Waals surface area contributed by atoms with Gasteiger partial charge in [-0.2, -0.15) is 5.10 Å². The van der Waals surface area contributed by atoms with Crippen molar-refractivity contribution in [3.63, 3.8) is 0 Å². The number of H-pyrrole nitrogens is 2. The Morgan fingerprint density at radius 1 is 0.868 bits per heavy atom. The van der Waals surface area contributed by atoms with E-state index in [0.717, 1.165) is 38.8 Å². The lowest BCUT2D eigenvalue weighted by atomic mass is 9.95. The Kier molecular flexibility index (Phi) is 5.52. The topological polar surface area (TPSA) is 99.3 Å². The highest BCUT2D eigenvalue weighted by Crippen LogP contribution is 2.34. The van der Waals surface area contributed by atoms with Crippen molar-refractivity contribution in [2.75, 3.05) is 5.32 Å². The summed E-state index contributed by atoms with van der Waals surface area (Å²) >= 11 is 0. The quantitative estimate of drug-likeness (QED) is 0.242. The van der Waals surface area contributed by atoms with E-state index in [2.05, 4.69) is 30.5 Å². The van der Waals surface area contributed by atoms with Crippen LogP contribution in [0.15, 0.2) is 79.1 Å². The molecule has 0 fully saturated rings. The van der Waals surface area contributed by atoms with Crippen LogP contribution in [-0.2, 0) is 4.79 Å². The highest BCUT2D eigenvalue weighted by atomic mass is 19.1. The third-order valence-corrected chi connectivity index (χ3v) is 6.45. The summed E-state index contributed by atoms with van der Waals surface area (Å²) in [4.78, 5) is 25.0.